The molecule has 0 unspecified atom stereocenters. The van der Waals surface area contributed by atoms with E-state index >= 15 is 0 Å². The zero-order valence-corrected chi connectivity index (χ0v) is 21.2. The van der Waals surface area contributed by atoms with Gasteiger partial charge in [0.1, 0.15) is 17.5 Å². The van der Waals surface area contributed by atoms with Crippen molar-refractivity contribution in [2.75, 3.05) is 26.8 Å². The molecule has 3 amide bonds. The number of aromatic nitrogens is 1. The van der Waals surface area contributed by atoms with Crippen LogP contribution in [0.2, 0.25) is 0 Å². The van der Waals surface area contributed by atoms with Crippen LogP contribution in [0.1, 0.15) is 39.1 Å². The molecule has 5 rings (SSSR count). The van der Waals surface area contributed by atoms with Gasteiger partial charge in [-0.15, -0.1) is 0 Å². The van der Waals surface area contributed by atoms with Crippen LogP contribution in [0.3, 0.4) is 0 Å². The van der Waals surface area contributed by atoms with Crippen molar-refractivity contribution in [2.24, 2.45) is 0 Å². The van der Waals surface area contributed by atoms with Gasteiger partial charge >= 0.3 is 0 Å². The van der Waals surface area contributed by atoms with Crippen molar-refractivity contribution in [3.8, 4) is 5.75 Å². The number of likely N-dealkylation sites (tertiary alicyclic amines) is 1. The molecule has 9 nitrogen and oxygen atoms in total. The van der Waals surface area contributed by atoms with Crippen LogP contribution in [0.25, 0.3) is 0 Å². The summed E-state index contributed by atoms with van der Waals surface area (Å²) in [5, 5.41) is 2.93. The Morgan fingerprint density at radius 1 is 1.00 bits per heavy atom. The molecule has 2 aliphatic rings. The molecule has 0 bridgehead atoms. The Morgan fingerprint density at radius 3 is 2.47 bits per heavy atom. The van der Waals surface area contributed by atoms with E-state index in [0.717, 1.165) is 5.56 Å². The second-order valence-electron chi connectivity index (χ2n) is 9.42. The number of nitrogens with one attached hydrogen (secondary N) is 1. The Morgan fingerprint density at radius 2 is 1.76 bits per heavy atom. The van der Waals surface area contributed by atoms with Gasteiger partial charge in [0.05, 0.1) is 13.7 Å². The van der Waals surface area contributed by atoms with E-state index < -0.39 is 11.8 Å². The normalized spacial score (nSPS) is 18.3. The van der Waals surface area contributed by atoms with E-state index in [9.17, 15) is 14.4 Å². The zero-order valence-electron chi connectivity index (χ0n) is 21.2. The first-order chi connectivity index (χ1) is 18.5. The fourth-order valence-corrected chi connectivity index (χ4v) is 5.09. The summed E-state index contributed by atoms with van der Waals surface area (Å²) in [6, 6.07) is 18.8. The summed E-state index contributed by atoms with van der Waals surface area (Å²) in [5.41, 5.74) is 0.906. The van der Waals surface area contributed by atoms with Crippen molar-refractivity contribution in [3.63, 3.8) is 0 Å². The van der Waals surface area contributed by atoms with E-state index in [1.807, 2.05) is 12.1 Å². The number of methoxy groups -OCH3 is 1. The van der Waals surface area contributed by atoms with Crippen molar-refractivity contribution in [1.82, 2.24) is 20.1 Å². The van der Waals surface area contributed by atoms with Crippen LogP contribution in [0.15, 0.2) is 79.1 Å². The van der Waals surface area contributed by atoms with Crippen LogP contribution in [0.4, 0.5) is 0 Å². The molecule has 1 spiro atoms. The molecule has 196 valence electrons. The minimum Gasteiger partial charge on any atom is -0.497 e. The number of hydrogen-bond donors (Lipinski definition) is 1. The number of hydrogen-bond acceptors (Lipinski definition) is 6. The number of pyridine rings is 1. The molecule has 2 saturated heterocycles. The van der Waals surface area contributed by atoms with E-state index in [1.54, 1.807) is 83.9 Å². The molecule has 0 aliphatic carbocycles. The van der Waals surface area contributed by atoms with Crippen LogP contribution < -0.4 is 10.1 Å². The number of nitrogens with zero attached hydrogens (tertiary/aromatic N) is 3. The first kappa shape index (κ1) is 25.4. The molecule has 0 saturated carbocycles. The van der Waals surface area contributed by atoms with E-state index in [-0.39, 0.29) is 24.3 Å². The maximum atomic E-state index is 13.8. The predicted octanol–water partition coefficient (Wildman–Crippen LogP) is 2.88. The fourth-order valence-electron chi connectivity index (χ4n) is 5.09. The van der Waals surface area contributed by atoms with E-state index in [1.165, 1.54) is 0 Å². The van der Waals surface area contributed by atoms with Gasteiger partial charge in [0, 0.05) is 56.0 Å². The lowest BCUT2D eigenvalue weighted by Crippen LogP contribution is -2.59. The molecule has 2 aromatic carbocycles. The average Bonchev–Trinajstić information content (AvgIpc) is 3.35. The summed E-state index contributed by atoms with van der Waals surface area (Å²) in [7, 11) is 1.56. The molecule has 3 aromatic rings. The van der Waals surface area contributed by atoms with Crippen molar-refractivity contribution in [2.45, 2.75) is 31.2 Å². The Labute approximate surface area is 221 Å². The van der Waals surface area contributed by atoms with Gasteiger partial charge in [-0.05, 0) is 42.0 Å². The molecule has 1 aromatic heterocycles. The Hall–Kier alpha value is -4.24. The van der Waals surface area contributed by atoms with Crippen molar-refractivity contribution in [1.29, 1.82) is 0 Å². The third kappa shape index (κ3) is 5.10. The monoisotopic (exact) mass is 514 g/mol. The summed E-state index contributed by atoms with van der Waals surface area (Å²) < 4.78 is 11.5. The number of carbonyl (C=O) groups is 3. The van der Waals surface area contributed by atoms with Gasteiger partial charge < -0.3 is 19.7 Å². The highest BCUT2D eigenvalue weighted by Crippen LogP contribution is 2.39. The number of amides is 3. The maximum absolute atomic E-state index is 13.8. The lowest BCUT2D eigenvalue weighted by Gasteiger charge is -2.44. The molecular weight excluding hydrogens is 484 g/mol. The Bertz CT molecular complexity index is 1290. The van der Waals surface area contributed by atoms with Gasteiger partial charge in [0.15, 0.2) is 0 Å². The molecule has 0 radical (unpaired) electrons. The minimum atomic E-state index is -0.978. The van der Waals surface area contributed by atoms with Gasteiger partial charge in [-0.2, -0.15) is 0 Å². The van der Waals surface area contributed by atoms with Gasteiger partial charge in [0.25, 0.3) is 11.8 Å². The molecule has 2 aliphatic heterocycles. The molecule has 2 fully saturated rings. The Kier molecular flexibility index (Phi) is 7.37. The van der Waals surface area contributed by atoms with Crippen LogP contribution in [0.5, 0.6) is 5.75 Å². The van der Waals surface area contributed by atoms with Gasteiger partial charge in [-0.1, -0.05) is 30.3 Å². The molecule has 3 heterocycles. The summed E-state index contributed by atoms with van der Waals surface area (Å²) >= 11 is 0. The highest BCUT2D eigenvalue weighted by atomic mass is 16.5. The topological polar surface area (TPSA) is 101 Å². The van der Waals surface area contributed by atoms with Crippen LogP contribution in [-0.2, 0) is 16.1 Å². The average molecular weight is 515 g/mol. The zero-order chi connectivity index (χ0) is 26.5. The SMILES string of the molecule is COc1cccc(C(=O)N2CCC3(CC2)OC[C@@H](C(=O)NCc2cccnc2)N3C(=O)c2ccccc2)c1. The molecule has 1 atom stereocenters. The van der Waals surface area contributed by atoms with Crippen LogP contribution in [-0.4, -0.2) is 71.1 Å². The lowest BCUT2D eigenvalue weighted by molar-refractivity contribution is -0.128. The first-order valence-electron chi connectivity index (χ1n) is 12.6. The number of carbonyl (C=O) groups excluding carboxylic acids is 3. The third-order valence-corrected chi connectivity index (χ3v) is 7.14. The fraction of sp³-hybridized carbons (Fsp3) is 0.310. The summed E-state index contributed by atoms with van der Waals surface area (Å²) in [6.45, 7) is 1.16. The number of benzene rings is 2. The second-order valence-corrected chi connectivity index (χ2v) is 9.42. The van der Waals surface area contributed by atoms with Crippen molar-refractivity contribution in [3.05, 3.63) is 95.8 Å². The summed E-state index contributed by atoms with van der Waals surface area (Å²) in [4.78, 5) is 47.7. The molecule has 38 heavy (non-hydrogen) atoms. The Balaban J connectivity index is 1.34. The summed E-state index contributed by atoms with van der Waals surface area (Å²) in [6.07, 6.45) is 4.15. The van der Waals surface area contributed by atoms with E-state index in [2.05, 4.69) is 10.3 Å². The quantitative estimate of drug-likeness (QED) is 0.543. The molecule has 1 N–H and O–H groups in total. The van der Waals surface area contributed by atoms with E-state index in [4.69, 9.17) is 9.47 Å². The smallest absolute Gasteiger partial charge is 0.256 e. The van der Waals surface area contributed by atoms with Crippen molar-refractivity contribution < 1.29 is 23.9 Å². The minimum absolute atomic E-state index is 0.0846. The van der Waals surface area contributed by atoms with Crippen molar-refractivity contribution >= 4 is 17.7 Å². The highest BCUT2D eigenvalue weighted by molar-refractivity contribution is 5.98. The molecular formula is C29H30N4O5. The summed E-state index contributed by atoms with van der Waals surface area (Å²) in [5.74, 6) is -0.0474. The number of piperidine rings is 1. The predicted molar refractivity (Wildman–Crippen MR) is 139 cm³/mol. The van der Waals surface area contributed by atoms with Crippen LogP contribution in [0, 0.1) is 0 Å². The van der Waals surface area contributed by atoms with Gasteiger partial charge in [0.2, 0.25) is 5.91 Å². The van der Waals surface area contributed by atoms with Gasteiger partial charge in [-0.3, -0.25) is 24.3 Å². The highest BCUT2D eigenvalue weighted by Gasteiger charge is 2.54. The second kappa shape index (κ2) is 11.0. The van der Waals surface area contributed by atoms with E-state index in [0.29, 0.717) is 49.4 Å². The third-order valence-electron chi connectivity index (χ3n) is 7.14. The first-order valence-corrected chi connectivity index (χ1v) is 12.6. The van der Waals surface area contributed by atoms with Crippen LogP contribution >= 0.6 is 0 Å². The largest absolute Gasteiger partial charge is 0.497 e. The van der Waals surface area contributed by atoms with Gasteiger partial charge in [-0.25, -0.2) is 0 Å². The number of rotatable bonds is 6. The number of ether oxygens (including phenoxy) is 2. The lowest BCUT2D eigenvalue weighted by atomic mass is 9.96. The molecule has 9 heteroatoms. The standard InChI is InChI=1S/C29H30N4O5/c1-37-24-11-5-10-23(17-24)27(35)32-15-12-29(13-16-32)33(28(36)22-8-3-2-4-9-22)25(20-38-29)26(34)31-19-21-7-6-14-30-18-21/h2-11,14,17-18,25H,12-13,15-16,19-20H2,1H3,(H,31,34)/t25-/m0/s1. The maximum Gasteiger partial charge on any atom is 0.256 e.